The molecule has 0 radical (unpaired) electrons. The molecule has 0 fully saturated rings. The highest BCUT2D eigenvalue weighted by atomic mass is 16.2. The second kappa shape index (κ2) is 6.01. The maximum Gasteiger partial charge on any atom is 0.237 e. The second-order valence-corrected chi connectivity index (χ2v) is 5.10. The van der Waals surface area contributed by atoms with Crippen LogP contribution in [0.1, 0.15) is 37.8 Å². The van der Waals surface area contributed by atoms with E-state index in [-0.39, 0.29) is 18.0 Å². The molecule has 0 saturated heterocycles. The molecule has 18 heavy (non-hydrogen) atoms. The Morgan fingerprint density at radius 1 is 1.44 bits per heavy atom. The molecular weight excluding hydrogens is 224 g/mol. The average Bonchev–Trinajstić information content (AvgIpc) is 2.38. The first-order valence-electron chi connectivity index (χ1n) is 6.81. The number of benzene rings is 1. The van der Waals surface area contributed by atoms with E-state index in [0.29, 0.717) is 0 Å². The zero-order valence-corrected chi connectivity index (χ0v) is 11.2. The van der Waals surface area contributed by atoms with Crippen molar-refractivity contribution in [1.29, 1.82) is 0 Å². The molecule has 1 unspecified atom stereocenters. The monoisotopic (exact) mass is 246 g/mol. The second-order valence-electron chi connectivity index (χ2n) is 5.10. The van der Waals surface area contributed by atoms with Gasteiger partial charge in [0.25, 0.3) is 0 Å². The van der Waals surface area contributed by atoms with Gasteiger partial charge in [-0.2, -0.15) is 0 Å². The standard InChI is InChI=1S/C15H22N2O/c1-3-6-11(2)17-15(18)14-9-12-7-4-5-8-13(12)10-16-14/h4-5,7-8,11,14,16H,3,6,9-10H2,1-2H3,(H,17,18)/t11?,14-/m0/s1. The van der Waals surface area contributed by atoms with Crippen LogP contribution in [0.2, 0.25) is 0 Å². The van der Waals surface area contributed by atoms with Gasteiger partial charge < -0.3 is 10.6 Å². The molecule has 0 aromatic heterocycles. The van der Waals surface area contributed by atoms with Gasteiger partial charge in [0.05, 0.1) is 6.04 Å². The van der Waals surface area contributed by atoms with E-state index < -0.39 is 0 Å². The van der Waals surface area contributed by atoms with Gasteiger partial charge in [0, 0.05) is 12.6 Å². The van der Waals surface area contributed by atoms with E-state index in [1.54, 1.807) is 0 Å². The third-order valence-electron chi connectivity index (χ3n) is 3.51. The molecule has 1 aliphatic heterocycles. The molecule has 1 amide bonds. The molecule has 1 heterocycles. The zero-order chi connectivity index (χ0) is 13.0. The summed E-state index contributed by atoms with van der Waals surface area (Å²) in [6.07, 6.45) is 2.93. The third-order valence-corrected chi connectivity index (χ3v) is 3.51. The van der Waals surface area contributed by atoms with E-state index in [1.165, 1.54) is 11.1 Å². The Labute approximate surface area is 109 Å². The van der Waals surface area contributed by atoms with Crippen molar-refractivity contribution >= 4 is 5.91 Å². The van der Waals surface area contributed by atoms with Crippen LogP contribution >= 0.6 is 0 Å². The molecule has 3 heteroatoms. The highest BCUT2D eigenvalue weighted by Gasteiger charge is 2.24. The molecule has 2 atom stereocenters. The molecule has 1 aliphatic rings. The van der Waals surface area contributed by atoms with Crippen LogP contribution in [0.25, 0.3) is 0 Å². The lowest BCUT2D eigenvalue weighted by Gasteiger charge is -2.26. The number of rotatable bonds is 4. The van der Waals surface area contributed by atoms with Crippen LogP contribution in [0.15, 0.2) is 24.3 Å². The molecule has 0 bridgehead atoms. The molecule has 98 valence electrons. The molecular formula is C15H22N2O. The van der Waals surface area contributed by atoms with Crippen LogP contribution < -0.4 is 10.6 Å². The van der Waals surface area contributed by atoms with Crippen molar-refractivity contribution in [2.75, 3.05) is 0 Å². The summed E-state index contributed by atoms with van der Waals surface area (Å²) in [7, 11) is 0. The molecule has 3 nitrogen and oxygen atoms in total. The van der Waals surface area contributed by atoms with Crippen molar-refractivity contribution in [3.8, 4) is 0 Å². The molecule has 1 aromatic rings. The number of carbonyl (C=O) groups is 1. The van der Waals surface area contributed by atoms with Crippen molar-refractivity contribution in [1.82, 2.24) is 10.6 Å². The largest absolute Gasteiger partial charge is 0.352 e. The first kappa shape index (κ1) is 13.1. The quantitative estimate of drug-likeness (QED) is 0.853. The van der Waals surface area contributed by atoms with Crippen molar-refractivity contribution in [3.63, 3.8) is 0 Å². The number of fused-ring (bicyclic) bond motifs is 1. The Balaban J connectivity index is 1.94. The van der Waals surface area contributed by atoms with Crippen molar-refractivity contribution < 1.29 is 4.79 Å². The Hall–Kier alpha value is -1.35. The van der Waals surface area contributed by atoms with Gasteiger partial charge in [-0.15, -0.1) is 0 Å². The van der Waals surface area contributed by atoms with Gasteiger partial charge in [0.15, 0.2) is 0 Å². The van der Waals surface area contributed by atoms with E-state index >= 15 is 0 Å². The summed E-state index contributed by atoms with van der Waals surface area (Å²) in [6.45, 7) is 4.99. The van der Waals surface area contributed by atoms with Gasteiger partial charge >= 0.3 is 0 Å². The van der Waals surface area contributed by atoms with Crippen LogP contribution in [-0.2, 0) is 17.8 Å². The summed E-state index contributed by atoms with van der Waals surface area (Å²) in [4.78, 5) is 12.1. The lowest BCUT2D eigenvalue weighted by atomic mass is 9.95. The van der Waals surface area contributed by atoms with Gasteiger partial charge in [0.1, 0.15) is 0 Å². The first-order valence-corrected chi connectivity index (χ1v) is 6.81. The van der Waals surface area contributed by atoms with Gasteiger partial charge in [0.2, 0.25) is 5.91 Å². The first-order chi connectivity index (χ1) is 8.70. The highest BCUT2D eigenvalue weighted by molar-refractivity contribution is 5.82. The SMILES string of the molecule is CCCC(C)NC(=O)[C@@H]1Cc2ccccc2CN1. The predicted octanol–water partition coefficient (Wildman–Crippen LogP) is 2.01. The Kier molecular flexibility index (Phi) is 4.37. The number of hydrogen-bond donors (Lipinski definition) is 2. The predicted molar refractivity (Wildman–Crippen MR) is 73.3 cm³/mol. The number of carbonyl (C=O) groups excluding carboxylic acids is 1. The molecule has 2 rings (SSSR count). The minimum absolute atomic E-state index is 0.0841. The summed E-state index contributed by atoms with van der Waals surface area (Å²) in [5, 5.41) is 6.39. The average molecular weight is 246 g/mol. The third kappa shape index (κ3) is 3.10. The Morgan fingerprint density at radius 2 is 2.17 bits per heavy atom. The van der Waals surface area contributed by atoms with E-state index in [4.69, 9.17) is 0 Å². The van der Waals surface area contributed by atoms with E-state index in [0.717, 1.165) is 25.8 Å². The zero-order valence-electron chi connectivity index (χ0n) is 11.2. The summed E-state index contributed by atoms with van der Waals surface area (Å²) in [6, 6.07) is 8.51. The molecule has 0 spiro atoms. The van der Waals surface area contributed by atoms with E-state index in [9.17, 15) is 4.79 Å². The smallest absolute Gasteiger partial charge is 0.237 e. The van der Waals surface area contributed by atoms with Crippen molar-refractivity contribution in [2.45, 2.75) is 51.7 Å². The minimum atomic E-state index is -0.0841. The maximum absolute atomic E-state index is 12.1. The molecule has 1 aromatic carbocycles. The van der Waals surface area contributed by atoms with Crippen LogP contribution in [0, 0.1) is 0 Å². The van der Waals surface area contributed by atoms with Crippen molar-refractivity contribution in [2.24, 2.45) is 0 Å². The fourth-order valence-corrected chi connectivity index (χ4v) is 2.49. The van der Waals surface area contributed by atoms with Gasteiger partial charge in [-0.05, 0) is 30.9 Å². The van der Waals surface area contributed by atoms with Crippen LogP contribution in [0.5, 0.6) is 0 Å². The fraction of sp³-hybridized carbons (Fsp3) is 0.533. The molecule has 0 aliphatic carbocycles. The van der Waals surface area contributed by atoms with E-state index in [2.05, 4.69) is 36.6 Å². The van der Waals surface area contributed by atoms with Gasteiger partial charge in [-0.1, -0.05) is 37.6 Å². The minimum Gasteiger partial charge on any atom is -0.352 e. The maximum atomic E-state index is 12.1. The van der Waals surface area contributed by atoms with Crippen molar-refractivity contribution in [3.05, 3.63) is 35.4 Å². The highest BCUT2D eigenvalue weighted by Crippen LogP contribution is 2.16. The van der Waals surface area contributed by atoms with E-state index in [1.807, 2.05) is 12.1 Å². The van der Waals surface area contributed by atoms with Crippen LogP contribution in [0.4, 0.5) is 0 Å². The number of nitrogens with one attached hydrogen (secondary N) is 2. The summed E-state index contributed by atoms with van der Waals surface area (Å²) in [5.41, 5.74) is 2.60. The Bertz CT molecular complexity index is 417. The fourth-order valence-electron chi connectivity index (χ4n) is 2.49. The number of amides is 1. The van der Waals surface area contributed by atoms with Crippen LogP contribution in [0.3, 0.4) is 0 Å². The Morgan fingerprint density at radius 3 is 2.89 bits per heavy atom. The molecule has 2 N–H and O–H groups in total. The van der Waals surface area contributed by atoms with Crippen LogP contribution in [-0.4, -0.2) is 18.0 Å². The van der Waals surface area contributed by atoms with Gasteiger partial charge in [-0.25, -0.2) is 0 Å². The lowest BCUT2D eigenvalue weighted by molar-refractivity contribution is -0.124. The normalized spacial score (nSPS) is 20.0. The summed E-state index contributed by atoms with van der Waals surface area (Å²) < 4.78 is 0. The summed E-state index contributed by atoms with van der Waals surface area (Å²) in [5.74, 6) is 0.130. The van der Waals surface area contributed by atoms with Gasteiger partial charge in [-0.3, -0.25) is 4.79 Å². The lowest BCUT2D eigenvalue weighted by Crippen LogP contribution is -2.49. The molecule has 0 saturated carbocycles. The summed E-state index contributed by atoms with van der Waals surface area (Å²) >= 11 is 0. The number of hydrogen-bond acceptors (Lipinski definition) is 2. The topological polar surface area (TPSA) is 41.1 Å².